The van der Waals surface area contributed by atoms with E-state index in [4.69, 9.17) is 28.6 Å². The molecule has 1 N–H and O–H groups in total. The van der Waals surface area contributed by atoms with Crippen LogP contribution in [0.3, 0.4) is 0 Å². The lowest BCUT2D eigenvalue weighted by Gasteiger charge is -2.16. The van der Waals surface area contributed by atoms with Crippen LogP contribution in [0.2, 0.25) is 5.02 Å². The van der Waals surface area contributed by atoms with Crippen LogP contribution in [0.1, 0.15) is 12.5 Å². The minimum Gasteiger partial charge on any atom is -0.494 e. The largest absolute Gasteiger partial charge is 0.494 e. The van der Waals surface area contributed by atoms with Gasteiger partial charge in [0, 0.05) is 0 Å². The van der Waals surface area contributed by atoms with Crippen LogP contribution < -0.4 is 10.3 Å². The molecule has 0 unspecified atom stereocenters. The summed E-state index contributed by atoms with van der Waals surface area (Å²) in [7, 11) is 0. The Labute approximate surface area is 206 Å². The number of nitrogens with zero attached hydrogens (tertiary/aromatic N) is 4. The smallest absolute Gasteiger partial charge is 0.290 e. The lowest BCUT2D eigenvalue weighted by atomic mass is 10.2. The molecule has 0 amide bonds. The van der Waals surface area contributed by atoms with Gasteiger partial charge in [-0.1, -0.05) is 41.4 Å². The summed E-state index contributed by atoms with van der Waals surface area (Å²) in [5, 5.41) is 19.7. The van der Waals surface area contributed by atoms with Crippen LogP contribution in [-0.4, -0.2) is 20.8 Å². The molecular formula is C25H21ClN4O3S. The Hall–Kier alpha value is -3.75. The first-order valence-electron chi connectivity index (χ1n) is 10.5. The molecule has 0 bridgehead atoms. The molecule has 172 valence electrons. The molecule has 1 heterocycles. The van der Waals surface area contributed by atoms with E-state index in [1.165, 1.54) is 9.13 Å². The molecule has 1 aromatic heterocycles. The molecule has 3 aromatic carbocycles. The molecule has 0 spiro atoms. The molecule has 0 saturated heterocycles. The number of aromatic hydroxyl groups is 1. The molecule has 4 aromatic rings. The summed E-state index contributed by atoms with van der Waals surface area (Å²) in [6.07, 6.45) is 0. The Morgan fingerprint density at radius 2 is 1.65 bits per heavy atom. The number of benzene rings is 3. The molecule has 0 aliphatic carbocycles. The van der Waals surface area contributed by atoms with Gasteiger partial charge in [0.25, 0.3) is 5.56 Å². The van der Waals surface area contributed by atoms with Crippen molar-refractivity contribution in [3.8, 4) is 23.0 Å². The quantitative estimate of drug-likeness (QED) is 0.236. The second-order valence-corrected chi connectivity index (χ2v) is 8.12. The van der Waals surface area contributed by atoms with Gasteiger partial charge in [-0.3, -0.25) is 13.9 Å². The lowest BCUT2D eigenvalue weighted by molar-refractivity contribution is 0.340. The maximum absolute atomic E-state index is 13.4. The zero-order valence-corrected chi connectivity index (χ0v) is 20.0. The highest BCUT2D eigenvalue weighted by molar-refractivity contribution is 7.71. The first-order chi connectivity index (χ1) is 16.4. The van der Waals surface area contributed by atoms with Gasteiger partial charge < -0.3 is 9.84 Å². The van der Waals surface area contributed by atoms with Crippen molar-refractivity contribution in [1.29, 1.82) is 0 Å². The number of hydrogen-bond acceptors (Lipinski definition) is 6. The average Bonchev–Trinajstić information content (AvgIpc) is 2.82. The molecular weight excluding hydrogens is 472 g/mol. The summed E-state index contributed by atoms with van der Waals surface area (Å²) >= 11 is 12.0. The molecule has 9 heteroatoms. The highest BCUT2D eigenvalue weighted by atomic mass is 35.5. The number of hydrogen-bond donors (Lipinski definition) is 1. The van der Waals surface area contributed by atoms with Crippen molar-refractivity contribution in [2.45, 2.75) is 13.8 Å². The number of azo groups is 1. The number of rotatable bonds is 6. The predicted molar refractivity (Wildman–Crippen MR) is 135 cm³/mol. The van der Waals surface area contributed by atoms with Crippen LogP contribution in [0.5, 0.6) is 11.6 Å². The summed E-state index contributed by atoms with van der Waals surface area (Å²) in [5.74, 6) is 0.235. The third kappa shape index (κ3) is 4.64. The van der Waals surface area contributed by atoms with E-state index in [0.717, 1.165) is 5.56 Å². The molecule has 0 atom stereocenters. The fourth-order valence-electron chi connectivity index (χ4n) is 3.33. The van der Waals surface area contributed by atoms with Crippen LogP contribution >= 0.6 is 23.8 Å². The van der Waals surface area contributed by atoms with Gasteiger partial charge in [-0.2, -0.15) is 5.11 Å². The van der Waals surface area contributed by atoms with Crippen LogP contribution in [0.15, 0.2) is 87.8 Å². The van der Waals surface area contributed by atoms with Gasteiger partial charge in [0.1, 0.15) is 5.75 Å². The third-order valence-electron chi connectivity index (χ3n) is 5.01. The van der Waals surface area contributed by atoms with E-state index in [2.05, 4.69) is 10.2 Å². The molecule has 4 rings (SSSR count). The zero-order valence-electron chi connectivity index (χ0n) is 18.5. The second-order valence-electron chi connectivity index (χ2n) is 7.34. The van der Waals surface area contributed by atoms with E-state index in [9.17, 15) is 9.90 Å². The van der Waals surface area contributed by atoms with Crippen molar-refractivity contribution in [2.75, 3.05) is 6.61 Å². The number of ether oxygens (including phenoxy) is 1. The first-order valence-corrected chi connectivity index (χ1v) is 11.3. The Morgan fingerprint density at radius 1 is 0.971 bits per heavy atom. The monoisotopic (exact) mass is 492 g/mol. The third-order valence-corrected chi connectivity index (χ3v) is 5.70. The Bertz CT molecular complexity index is 1480. The molecule has 0 fully saturated rings. The van der Waals surface area contributed by atoms with Crippen molar-refractivity contribution in [1.82, 2.24) is 9.13 Å². The molecule has 0 saturated carbocycles. The Balaban J connectivity index is 1.94. The minimum atomic E-state index is -0.607. The average molecular weight is 493 g/mol. The van der Waals surface area contributed by atoms with E-state index in [1.807, 2.05) is 26.0 Å². The zero-order chi connectivity index (χ0) is 24.2. The van der Waals surface area contributed by atoms with Crippen LogP contribution in [0.25, 0.3) is 11.4 Å². The summed E-state index contributed by atoms with van der Waals surface area (Å²) < 4.78 is 8.08. The van der Waals surface area contributed by atoms with Gasteiger partial charge in [-0.05, 0) is 74.6 Å². The summed E-state index contributed by atoms with van der Waals surface area (Å²) in [6, 6.07) is 21.0. The first kappa shape index (κ1) is 23.4. The van der Waals surface area contributed by atoms with Crippen LogP contribution in [0, 0.1) is 11.7 Å². The van der Waals surface area contributed by atoms with E-state index < -0.39 is 11.4 Å². The maximum Gasteiger partial charge on any atom is 0.290 e. The van der Waals surface area contributed by atoms with Crippen LogP contribution in [-0.2, 0) is 0 Å². The van der Waals surface area contributed by atoms with E-state index in [0.29, 0.717) is 34.4 Å². The normalized spacial score (nSPS) is 11.1. The van der Waals surface area contributed by atoms with Gasteiger partial charge >= 0.3 is 0 Å². The minimum absolute atomic E-state index is 0.0412. The fourth-order valence-corrected chi connectivity index (χ4v) is 3.92. The predicted octanol–water partition coefficient (Wildman–Crippen LogP) is 6.84. The van der Waals surface area contributed by atoms with Gasteiger partial charge in [0.05, 0.1) is 28.7 Å². The number of aryl methyl sites for hydroxylation is 1. The van der Waals surface area contributed by atoms with Crippen molar-refractivity contribution in [3.63, 3.8) is 0 Å². The van der Waals surface area contributed by atoms with Crippen LogP contribution in [0.4, 0.5) is 11.4 Å². The van der Waals surface area contributed by atoms with Crippen molar-refractivity contribution in [3.05, 3.63) is 98.5 Å². The molecule has 0 aliphatic heterocycles. The van der Waals surface area contributed by atoms with Gasteiger partial charge in [-0.15, -0.1) is 5.11 Å². The SMILES string of the molecule is CCOc1ccc(N=Nc2c(O)n(-c3ccccc3Cl)c(=S)n(-c3ccc(C)cc3)c2=O)cc1. The lowest BCUT2D eigenvalue weighted by Crippen LogP contribution is -2.23. The summed E-state index contributed by atoms with van der Waals surface area (Å²) in [6.45, 7) is 4.38. The van der Waals surface area contributed by atoms with E-state index >= 15 is 0 Å². The highest BCUT2D eigenvalue weighted by Gasteiger charge is 2.20. The highest BCUT2D eigenvalue weighted by Crippen LogP contribution is 2.32. The maximum atomic E-state index is 13.4. The van der Waals surface area contributed by atoms with E-state index in [1.54, 1.807) is 60.7 Å². The standard InChI is InChI=1S/C25H21ClN4O3S/c1-3-33-19-14-10-17(11-15-19)27-28-22-23(31)29(18-12-8-16(2)9-13-18)25(34)30(24(22)32)21-7-5-4-6-20(21)26/h4-15,32H,3H2,1-2H3. The summed E-state index contributed by atoms with van der Waals surface area (Å²) in [4.78, 5) is 13.4. The van der Waals surface area contributed by atoms with E-state index in [-0.39, 0.29) is 10.5 Å². The fraction of sp³-hybridized carbons (Fsp3) is 0.120. The molecule has 34 heavy (non-hydrogen) atoms. The van der Waals surface area contributed by atoms with Crippen molar-refractivity contribution < 1.29 is 9.84 Å². The van der Waals surface area contributed by atoms with Crippen molar-refractivity contribution >= 4 is 35.2 Å². The number of para-hydroxylation sites is 1. The molecule has 7 nitrogen and oxygen atoms in total. The van der Waals surface area contributed by atoms with Gasteiger partial charge in [0.15, 0.2) is 4.77 Å². The summed E-state index contributed by atoms with van der Waals surface area (Å²) in [5.41, 5.74) is 1.56. The topological polar surface area (TPSA) is 81.1 Å². The molecule has 0 radical (unpaired) electrons. The van der Waals surface area contributed by atoms with Gasteiger partial charge in [-0.25, -0.2) is 0 Å². The molecule has 0 aliphatic rings. The number of aromatic nitrogens is 2. The Morgan fingerprint density at radius 3 is 2.29 bits per heavy atom. The second kappa shape index (κ2) is 10.0. The van der Waals surface area contributed by atoms with Gasteiger partial charge in [0.2, 0.25) is 11.6 Å². The van der Waals surface area contributed by atoms with Crippen molar-refractivity contribution in [2.24, 2.45) is 10.2 Å². The Kier molecular flexibility index (Phi) is 6.90. The number of halogens is 1.